The third kappa shape index (κ3) is 3.50. The first-order chi connectivity index (χ1) is 12.4. The number of hydrogen-bond acceptors (Lipinski definition) is 5. The van der Waals surface area contributed by atoms with Crippen molar-refractivity contribution < 1.29 is 14.0 Å². The second kappa shape index (κ2) is 7.33. The number of rotatable bonds is 6. The summed E-state index contributed by atoms with van der Waals surface area (Å²) in [6.07, 6.45) is 1.93. The molecule has 8 heteroatoms. The SMILES string of the molecule is Cc1nn(C)c(C)c1[C@H]1[C@H](NCC(=O)NCc2ccco2)CC(=O)N1C. The molecule has 26 heavy (non-hydrogen) atoms. The molecule has 0 saturated carbocycles. The quantitative estimate of drug-likeness (QED) is 0.796. The smallest absolute Gasteiger partial charge is 0.234 e. The van der Waals surface area contributed by atoms with E-state index in [9.17, 15) is 9.59 Å². The molecule has 1 fully saturated rings. The standard InChI is InChI=1S/C18H25N5O3/c1-11-17(12(2)23(4)21-11)18-14(8-16(25)22(18)3)19-10-15(24)20-9-13-6-5-7-26-13/h5-7,14,18-19H,8-10H2,1-4H3,(H,20,24)/t14-,18-/m1/s1. The number of carbonyl (C=O) groups is 2. The van der Waals surface area contributed by atoms with Crippen molar-refractivity contribution in [2.24, 2.45) is 7.05 Å². The van der Waals surface area contributed by atoms with Gasteiger partial charge in [0.15, 0.2) is 0 Å². The summed E-state index contributed by atoms with van der Waals surface area (Å²) in [6.45, 7) is 4.44. The zero-order chi connectivity index (χ0) is 18.8. The van der Waals surface area contributed by atoms with Gasteiger partial charge in [-0.3, -0.25) is 14.3 Å². The van der Waals surface area contributed by atoms with Gasteiger partial charge in [-0.05, 0) is 26.0 Å². The van der Waals surface area contributed by atoms with E-state index in [0.29, 0.717) is 18.7 Å². The Morgan fingerprint density at radius 1 is 1.38 bits per heavy atom. The Bertz CT molecular complexity index is 796. The van der Waals surface area contributed by atoms with Crippen molar-refractivity contribution in [1.82, 2.24) is 25.3 Å². The van der Waals surface area contributed by atoms with Crippen molar-refractivity contribution >= 4 is 11.8 Å². The molecule has 1 saturated heterocycles. The van der Waals surface area contributed by atoms with Crippen LogP contribution < -0.4 is 10.6 Å². The lowest BCUT2D eigenvalue weighted by atomic mass is 9.98. The maximum atomic E-state index is 12.3. The van der Waals surface area contributed by atoms with Crippen LogP contribution in [-0.2, 0) is 23.2 Å². The Labute approximate surface area is 152 Å². The van der Waals surface area contributed by atoms with E-state index >= 15 is 0 Å². The van der Waals surface area contributed by atoms with Crippen LogP contribution >= 0.6 is 0 Å². The van der Waals surface area contributed by atoms with E-state index in [-0.39, 0.29) is 30.4 Å². The minimum Gasteiger partial charge on any atom is -0.467 e. The molecule has 140 valence electrons. The predicted octanol–water partition coefficient (Wildman–Crippen LogP) is 0.808. The number of aromatic nitrogens is 2. The van der Waals surface area contributed by atoms with Crippen LogP contribution in [0.3, 0.4) is 0 Å². The van der Waals surface area contributed by atoms with E-state index in [1.165, 1.54) is 0 Å². The Hall–Kier alpha value is -2.61. The van der Waals surface area contributed by atoms with Crippen LogP contribution in [0.25, 0.3) is 0 Å². The molecular formula is C18H25N5O3. The fraction of sp³-hybridized carbons (Fsp3) is 0.500. The fourth-order valence-corrected chi connectivity index (χ4v) is 3.55. The molecule has 2 atom stereocenters. The van der Waals surface area contributed by atoms with Gasteiger partial charge in [-0.25, -0.2) is 0 Å². The molecule has 2 amide bonds. The first-order valence-electron chi connectivity index (χ1n) is 8.66. The van der Waals surface area contributed by atoms with Crippen molar-refractivity contribution in [1.29, 1.82) is 0 Å². The molecule has 1 aliphatic heterocycles. The monoisotopic (exact) mass is 359 g/mol. The van der Waals surface area contributed by atoms with Crippen molar-refractivity contribution in [2.75, 3.05) is 13.6 Å². The number of nitrogens with one attached hydrogen (secondary N) is 2. The van der Waals surface area contributed by atoms with Crippen LogP contribution in [0.4, 0.5) is 0 Å². The molecule has 0 radical (unpaired) electrons. The van der Waals surface area contributed by atoms with Crippen LogP contribution in [0, 0.1) is 13.8 Å². The topological polar surface area (TPSA) is 92.4 Å². The molecule has 0 aliphatic carbocycles. The highest BCUT2D eigenvalue weighted by molar-refractivity contribution is 5.81. The summed E-state index contributed by atoms with van der Waals surface area (Å²) in [5.74, 6) is 0.626. The fourth-order valence-electron chi connectivity index (χ4n) is 3.55. The van der Waals surface area contributed by atoms with Gasteiger partial charge < -0.3 is 20.0 Å². The van der Waals surface area contributed by atoms with Gasteiger partial charge >= 0.3 is 0 Å². The molecule has 8 nitrogen and oxygen atoms in total. The van der Waals surface area contributed by atoms with Gasteiger partial charge in [0.2, 0.25) is 11.8 Å². The van der Waals surface area contributed by atoms with Crippen molar-refractivity contribution in [3.8, 4) is 0 Å². The second-order valence-electron chi connectivity index (χ2n) is 6.71. The molecular weight excluding hydrogens is 334 g/mol. The first kappa shape index (κ1) is 18.2. The Morgan fingerprint density at radius 3 is 2.77 bits per heavy atom. The molecule has 3 rings (SSSR count). The number of aryl methyl sites for hydroxylation is 2. The number of furan rings is 1. The van der Waals surface area contributed by atoms with Gasteiger partial charge in [-0.1, -0.05) is 0 Å². The molecule has 0 spiro atoms. The molecule has 0 bridgehead atoms. The maximum Gasteiger partial charge on any atom is 0.234 e. The Balaban J connectivity index is 1.65. The number of carbonyl (C=O) groups excluding carboxylic acids is 2. The van der Waals surface area contributed by atoms with Crippen molar-refractivity contribution in [2.45, 2.75) is 38.9 Å². The van der Waals surface area contributed by atoms with Crippen LogP contribution in [0.2, 0.25) is 0 Å². The summed E-state index contributed by atoms with van der Waals surface area (Å²) in [4.78, 5) is 26.1. The molecule has 2 N–H and O–H groups in total. The van der Waals surface area contributed by atoms with Gasteiger partial charge in [0.25, 0.3) is 0 Å². The minimum atomic E-state index is -0.137. The summed E-state index contributed by atoms with van der Waals surface area (Å²) in [5, 5.41) is 10.5. The average molecular weight is 359 g/mol. The summed E-state index contributed by atoms with van der Waals surface area (Å²) >= 11 is 0. The van der Waals surface area contributed by atoms with E-state index in [2.05, 4.69) is 15.7 Å². The van der Waals surface area contributed by atoms with Gasteiger partial charge in [-0.15, -0.1) is 0 Å². The van der Waals surface area contributed by atoms with Crippen molar-refractivity contribution in [3.63, 3.8) is 0 Å². The van der Waals surface area contributed by atoms with E-state index in [1.807, 2.05) is 31.6 Å². The lowest BCUT2D eigenvalue weighted by Crippen LogP contribution is -2.41. The summed E-state index contributed by atoms with van der Waals surface area (Å²) < 4.78 is 7.03. The third-order valence-corrected chi connectivity index (χ3v) is 5.01. The van der Waals surface area contributed by atoms with E-state index in [0.717, 1.165) is 17.0 Å². The lowest BCUT2D eigenvalue weighted by molar-refractivity contribution is -0.127. The van der Waals surface area contributed by atoms with Gasteiger partial charge in [0.1, 0.15) is 5.76 Å². The van der Waals surface area contributed by atoms with Crippen LogP contribution in [0.5, 0.6) is 0 Å². The zero-order valence-corrected chi connectivity index (χ0v) is 15.6. The number of likely N-dealkylation sites (N-methyl/N-ethyl adjacent to an activating group) is 1. The molecule has 0 unspecified atom stereocenters. The van der Waals surface area contributed by atoms with Gasteiger partial charge in [0, 0.05) is 37.8 Å². The highest BCUT2D eigenvalue weighted by Gasteiger charge is 2.40. The van der Waals surface area contributed by atoms with Crippen molar-refractivity contribution in [3.05, 3.63) is 41.1 Å². The van der Waals surface area contributed by atoms with Crippen LogP contribution in [0.15, 0.2) is 22.8 Å². The molecule has 2 aromatic heterocycles. The number of amides is 2. The predicted molar refractivity (Wildman–Crippen MR) is 95.2 cm³/mol. The number of nitrogens with zero attached hydrogens (tertiary/aromatic N) is 3. The summed E-state index contributed by atoms with van der Waals surface area (Å²) in [6, 6.07) is 3.32. The Morgan fingerprint density at radius 2 is 2.15 bits per heavy atom. The van der Waals surface area contributed by atoms with E-state index in [4.69, 9.17) is 4.42 Å². The van der Waals surface area contributed by atoms with Crippen LogP contribution in [-0.4, -0.2) is 46.1 Å². The maximum absolute atomic E-state index is 12.3. The largest absolute Gasteiger partial charge is 0.467 e. The third-order valence-electron chi connectivity index (χ3n) is 5.01. The second-order valence-corrected chi connectivity index (χ2v) is 6.71. The normalized spacial score (nSPS) is 20.0. The minimum absolute atomic E-state index is 0.0612. The average Bonchev–Trinajstić information content (AvgIpc) is 3.27. The highest BCUT2D eigenvalue weighted by Crippen LogP contribution is 2.35. The van der Waals surface area contributed by atoms with Gasteiger partial charge in [0.05, 0.1) is 31.1 Å². The summed E-state index contributed by atoms with van der Waals surface area (Å²) in [7, 11) is 3.70. The Kier molecular flexibility index (Phi) is 5.13. The molecule has 1 aliphatic rings. The number of hydrogen-bond donors (Lipinski definition) is 2. The lowest BCUT2D eigenvalue weighted by Gasteiger charge is -2.26. The molecule has 2 aromatic rings. The van der Waals surface area contributed by atoms with E-state index in [1.54, 1.807) is 24.3 Å². The highest BCUT2D eigenvalue weighted by atomic mass is 16.3. The first-order valence-corrected chi connectivity index (χ1v) is 8.66. The molecule has 0 aromatic carbocycles. The summed E-state index contributed by atoms with van der Waals surface area (Å²) in [5.41, 5.74) is 2.99. The van der Waals surface area contributed by atoms with Gasteiger partial charge in [-0.2, -0.15) is 5.10 Å². The number of likely N-dealkylation sites (tertiary alicyclic amines) is 1. The van der Waals surface area contributed by atoms with E-state index < -0.39 is 0 Å². The van der Waals surface area contributed by atoms with Crippen LogP contribution in [0.1, 0.15) is 35.2 Å². The molecule has 3 heterocycles. The zero-order valence-electron chi connectivity index (χ0n) is 15.6.